The lowest BCUT2D eigenvalue weighted by atomic mass is 9.75. The van der Waals surface area contributed by atoms with E-state index in [4.69, 9.17) is 0 Å². The van der Waals surface area contributed by atoms with Crippen molar-refractivity contribution in [3.05, 3.63) is 93.6 Å². The van der Waals surface area contributed by atoms with Crippen LogP contribution in [-0.4, -0.2) is 0 Å². The zero-order valence-corrected chi connectivity index (χ0v) is 25.3. The van der Waals surface area contributed by atoms with Gasteiger partial charge >= 0.3 is 0 Å². The highest BCUT2D eigenvalue weighted by atomic mass is 14.4. The van der Waals surface area contributed by atoms with E-state index in [1.54, 1.807) is 5.56 Å². The van der Waals surface area contributed by atoms with Gasteiger partial charge in [0, 0.05) is 0 Å². The molecule has 1 fully saturated rings. The molecule has 0 saturated heterocycles. The minimum atomic E-state index is 0.678. The van der Waals surface area contributed by atoms with Crippen LogP contribution in [0.3, 0.4) is 0 Å². The van der Waals surface area contributed by atoms with Crippen LogP contribution in [0.5, 0.6) is 0 Å². The molecule has 0 amide bonds. The van der Waals surface area contributed by atoms with Gasteiger partial charge in [-0.15, -0.1) is 13.2 Å². The summed E-state index contributed by atoms with van der Waals surface area (Å²) < 4.78 is 0. The predicted octanol–water partition coefficient (Wildman–Crippen LogP) is 11.5. The molecular formula is C35H54. The van der Waals surface area contributed by atoms with Crippen LogP contribution in [0.1, 0.15) is 128 Å². The number of hydrogen-bond acceptors (Lipinski definition) is 0. The molecule has 1 aliphatic rings. The first-order chi connectivity index (χ1) is 16.5. The maximum absolute atomic E-state index is 4.38. The quantitative estimate of drug-likeness (QED) is 0.259. The fourth-order valence-corrected chi connectivity index (χ4v) is 5.12. The lowest BCUT2D eigenvalue weighted by molar-refractivity contribution is 0.976. The van der Waals surface area contributed by atoms with Crippen LogP contribution in [0, 0.1) is 6.92 Å². The normalized spacial score (nSPS) is 13.5. The van der Waals surface area contributed by atoms with Crippen LogP contribution in [0.4, 0.5) is 0 Å². The SMILES string of the molecule is C=C.C=C(C)/C(C)=C(C(C)=C(C)C)\C(=C/C)c1c(CC)c(CC)c(C(=C)C)c(C)c1C1CC1.CC. The molecule has 0 nitrogen and oxygen atoms in total. The van der Waals surface area contributed by atoms with Crippen molar-refractivity contribution < 1.29 is 0 Å². The first kappa shape index (κ1) is 32.7. The summed E-state index contributed by atoms with van der Waals surface area (Å²) in [5.41, 5.74) is 18.1. The van der Waals surface area contributed by atoms with Crippen molar-refractivity contribution in [2.45, 2.75) is 115 Å². The van der Waals surface area contributed by atoms with Gasteiger partial charge in [-0.2, -0.15) is 0 Å². The Bertz CT molecular complexity index is 1010. The Balaban J connectivity index is 0.00000274. The second kappa shape index (κ2) is 14.9. The van der Waals surface area contributed by atoms with Crippen molar-refractivity contribution in [2.24, 2.45) is 0 Å². The van der Waals surface area contributed by atoms with E-state index < -0.39 is 0 Å². The fraction of sp³-hybridized carbons (Fsp3) is 0.486. The van der Waals surface area contributed by atoms with Gasteiger partial charge in [-0.25, -0.2) is 0 Å². The molecule has 1 saturated carbocycles. The Hall–Kier alpha value is -2.34. The van der Waals surface area contributed by atoms with Crippen LogP contribution >= 0.6 is 0 Å². The molecule has 0 unspecified atom stereocenters. The summed E-state index contributed by atoms with van der Waals surface area (Å²) in [6.45, 7) is 41.1. The van der Waals surface area contributed by atoms with E-state index in [0.717, 1.165) is 18.4 Å². The molecule has 1 aromatic rings. The molecule has 35 heavy (non-hydrogen) atoms. The second-order valence-electron chi connectivity index (χ2n) is 9.62. The monoisotopic (exact) mass is 474 g/mol. The van der Waals surface area contributed by atoms with Crippen molar-refractivity contribution in [1.82, 2.24) is 0 Å². The molecule has 0 heterocycles. The summed E-state index contributed by atoms with van der Waals surface area (Å²) in [6, 6.07) is 0. The maximum Gasteiger partial charge on any atom is -0.0108 e. The Morgan fingerprint density at radius 1 is 0.829 bits per heavy atom. The Morgan fingerprint density at radius 3 is 1.60 bits per heavy atom. The van der Waals surface area contributed by atoms with Crippen molar-refractivity contribution >= 4 is 11.1 Å². The van der Waals surface area contributed by atoms with Crippen molar-refractivity contribution in [1.29, 1.82) is 0 Å². The van der Waals surface area contributed by atoms with Gasteiger partial charge in [0.1, 0.15) is 0 Å². The van der Waals surface area contributed by atoms with Crippen LogP contribution in [0.25, 0.3) is 11.1 Å². The minimum absolute atomic E-state index is 0.678. The largest absolute Gasteiger partial charge is 0.106 e. The van der Waals surface area contributed by atoms with Gasteiger partial charge in [0.15, 0.2) is 0 Å². The summed E-state index contributed by atoms with van der Waals surface area (Å²) in [4.78, 5) is 0. The summed E-state index contributed by atoms with van der Waals surface area (Å²) in [7, 11) is 0. The third kappa shape index (κ3) is 7.09. The summed E-state index contributed by atoms with van der Waals surface area (Å²) >= 11 is 0. The van der Waals surface area contributed by atoms with Crippen LogP contribution < -0.4 is 0 Å². The van der Waals surface area contributed by atoms with Gasteiger partial charge in [-0.3, -0.25) is 0 Å². The zero-order valence-electron chi connectivity index (χ0n) is 25.3. The number of allylic oxidation sites excluding steroid dienone is 8. The molecule has 0 heteroatoms. The number of rotatable bonds is 8. The molecule has 1 aliphatic carbocycles. The van der Waals surface area contributed by atoms with Crippen LogP contribution in [0.2, 0.25) is 0 Å². The third-order valence-corrected chi connectivity index (χ3v) is 7.10. The smallest absolute Gasteiger partial charge is 0.0108 e. The summed E-state index contributed by atoms with van der Waals surface area (Å²) in [5, 5.41) is 0. The van der Waals surface area contributed by atoms with Gasteiger partial charge in [-0.05, 0) is 143 Å². The average Bonchev–Trinajstić information content (AvgIpc) is 3.68. The maximum atomic E-state index is 4.38. The summed E-state index contributed by atoms with van der Waals surface area (Å²) in [5.74, 6) is 0.678. The molecule has 194 valence electrons. The van der Waals surface area contributed by atoms with Crippen molar-refractivity contribution in [3.8, 4) is 0 Å². The zero-order chi connectivity index (χ0) is 27.6. The number of benzene rings is 1. The van der Waals surface area contributed by atoms with Crippen molar-refractivity contribution in [3.63, 3.8) is 0 Å². The average molecular weight is 475 g/mol. The van der Waals surface area contributed by atoms with E-state index in [9.17, 15) is 0 Å². The molecule has 1 aromatic carbocycles. The topological polar surface area (TPSA) is 0 Å². The first-order valence-corrected chi connectivity index (χ1v) is 13.5. The molecule has 0 N–H and O–H groups in total. The lowest BCUT2D eigenvalue weighted by Gasteiger charge is -2.29. The van der Waals surface area contributed by atoms with Crippen LogP contribution in [-0.2, 0) is 12.8 Å². The third-order valence-electron chi connectivity index (χ3n) is 7.10. The molecule has 0 aliphatic heterocycles. The fourth-order valence-electron chi connectivity index (χ4n) is 5.12. The first-order valence-electron chi connectivity index (χ1n) is 13.5. The highest BCUT2D eigenvalue weighted by Gasteiger charge is 2.33. The van der Waals surface area contributed by atoms with Crippen molar-refractivity contribution in [2.75, 3.05) is 0 Å². The molecule has 0 radical (unpaired) electrons. The Kier molecular flexibility index (Phi) is 13.9. The van der Waals surface area contributed by atoms with E-state index in [1.165, 1.54) is 74.1 Å². The molecular weight excluding hydrogens is 420 g/mol. The van der Waals surface area contributed by atoms with E-state index >= 15 is 0 Å². The standard InChI is InChI=1S/C31H44.C2H6.C2H4/c1-13-25-26(14-2)31(30(24-16-17-24)23(12)28(25)20(8)9)27(15-3)29(21(10)18(4)5)22(11)19(6)7;2*1-2/h15,24H,4,8,13-14,16-17H2,1-3,5-7,9-12H3;1-2H3;1-2H2/b27-15+,29-21-;;. The van der Waals surface area contributed by atoms with Gasteiger partial charge in [0.2, 0.25) is 0 Å². The van der Waals surface area contributed by atoms with Gasteiger partial charge in [0.25, 0.3) is 0 Å². The lowest BCUT2D eigenvalue weighted by Crippen LogP contribution is -2.12. The van der Waals surface area contributed by atoms with Crippen LogP contribution in [0.15, 0.2) is 60.3 Å². The van der Waals surface area contributed by atoms with E-state index in [-0.39, 0.29) is 0 Å². The Labute approximate surface area is 219 Å². The Morgan fingerprint density at radius 2 is 1.29 bits per heavy atom. The second-order valence-corrected chi connectivity index (χ2v) is 9.62. The number of hydrogen-bond donors (Lipinski definition) is 0. The highest BCUT2D eigenvalue weighted by Crippen LogP contribution is 2.50. The van der Waals surface area contributed by atoms with E-state index in [2.05, 4.69) is 102 Å². The van der Waals surface area contributed by atoms with E-state index in [0.29, 0.717) is 5.92 Å². The molecule has 0 aromatic heterocycles. The summed E-state index contributed by atoms with van der Waals surface area (Å²) in [6.07, 6.45) is 7.04. The molecule has 0 spiro atoms. The molecule has 0 bridgehead atoms. The predicted molar refractivity (Wildman–Crippen MR) is 164 cm³/mol. The van der Waals surface area contributed by atoms with Gasteiger partial charge in [-0.1, -0.05) is 63.6 Å². The molecule has 0 atom stereocenters. The van der Waals surface area contributed by atoms with Gasteiger partial charge < -0.3 is 0 Å². The minimum Gasteiger partial charge on any atom is -0.106 e. The highest BCUT2D eigenvalue weighted by molar-refractivity contribution is 5.91. The van der Waals surface area contributed by atoms with E-state index in [1.807, 2.05) is 13.8 Å². The van der Waals surface area contributed by atoms with Gasteiger partial charge in [0.05, 0.1) is 0 Å². The molecule has 2 rings (SSSR count).